The zero-order valence-electron chi connectivity index (χ0n) is 15.7. The molecule has 0 N–H and O–H groups in total. The Morgan fingerprint density at radius 1 is 0.815 bits per heavy atom. The zero-order chi connectivity index (χ0) is 18.2. The third-order valence-corrected chi connectivity index (χ3v) is 5.68. The summed E-state index contributed by atoms with van der Waals surface area (Å²) < 4.78 is 5.56. The predicted octanol–water partition coefficient (Wildman–Crippen LogP) is 3.80. The average molecular weight is 360 g/mol. The van der Waals surface area contributed by atoms with Crippen LogP contribution in [0.15, 0.2) is 42.5 Å². The Kier molecular flexibility index (Phi) is 4.07. The summed E-state index contributed by atoms with van der Waals surface area (Å²) in [6.45, 7) is 3.91. The van der Waals surface area contributed by atoms with Crippen molar-refractivity contribution in [1.82, 2.24) is 9.97 Å². The van der Waals surface area contributed by atoms with Crippen LogP contribution >= 0.6 is 0 Å². The number of methoxy groups -OCH3 is 1. The zero-order valence-corrected chi connectivity index (χ0v) is 15.7. The second kappa shape index (κ2) is 6.72. The summed E-state index contributed by atoms with van der Waals surface area (Å²) in [5.41, 5.74) is 4.59. The Morgan fingerprint density at radius 2 is 1.52 bits per heavy atom. The summed E-state index contributed by atoms with van der Waals surface area (Å²) in [7, 11) is 1.75. The van der Waals surface area contributed by atoms with Crippen LogP contribution in [0.25, 0.3) is 11.0 Å². The molecule has 3 heterocycles. The van der Waals surface area contributed by atoms with E-state index < -0.39 is 0 Å². The van der Waals surface area contributed by atoms with Crippen LogP contribution in [0, 0.1) is 0 Å². The fourth-order valence-corrected chi connectivity index (χ4v) is 4.28. The van der Waals surface area contributed by atoms with Gasteiger partial charge in [-0.3, -0.25) is 0 Å². The molecule has 5 heteroatoms. The van der Waals surface area contributed by atoms with Gasteiger partial charge in [-0.05, 0) is 43.0 Å². The van der Waals surface area contributed by atoms with Gasteiger partial charge >= 0.3 is 0 Å². The van der Waals surface area contributed by atoms with Gasteiger partial charge in [-0.15, -0.1) is 0 Å². The number of hydrogen-bond donors (Lipinski definition) is 0. The molecule has 5 nitrogen and oxygen atoms in total. The van der Waals surface area contributed by atoms with Gasteiger partial charge in [0.05, 0.1) is 18.1 Å². The number of fused-ring (bicyclic) bond motifs is 2. The third-order valence-electron chi connectivity index (χ3n) is 5.68. The monoisotopic (exact) mass is 360 g/mol. The SMILES string of the molecule is COc1cccc2c1CCN(c1nc3ccccc3nc1N1CCCC1)C2. The fraction of sp³-hybridized carbons (Fsp3) is 0.364. The highest BCUT2D eigenvalue weighted by molar-refractivity contribution is 5.81. The van der Waals surface area contributed by atoms with E-state index in [-0.39, 0.29) is 0 Å². The van der Waals surface area contributed by atoms with Gasteiger partial charge in [-0.1, -0.05) is 24.3 Å². The number of hydrogen-bond acceptors (Lipinski definition) is 5. The Hall–Kier alpha value is -2.82. The molecule has 3 aromatic rings. The number of aromatic nitrogens is 2. The molecule has 0 radical (unpaired) electrons. The van der Waals surface area contributed by atoms with E-state index in [0.29, 0.717) is 0 Å². The lowest BCUT2D eigenvalue weighted by Crippen LogP contribution is -2.33. The van der Waals surface area contributed by atoms with E-state index >= 15 is 0 Å². The molecule has 2 aromatic carbocycles. The van der Waals surface area contributed by atoms with Gasteiger partial charge in [0.15, 0.2) is 11.6 Å². The maximum atomic E-state index is 5.56. The van der Waals surface area contributed by atoms with Gasteiger partial charge in [0, 0.05) is 31.7 Å². The smallest absolute Gasteiger partial charge is 0.172 e. The van der Waals surface area contributed by atoms with E-state index in [1.165, 1.54) is 24.0 Å². The van der Waals surface area contributed by atoms with Crippen molar-refractivity contribution in [1.29, 1.82) is 0 Å². The van der Waals surface area contributed by atoms with E-state index in [4.69, 9.17) is 14.7 Å². The van der Waals surface area contributed by atoms with Crippen LogP contribution in [0.4, 0.5) is 11.6 Å². The van der Waals surface area contributed by atoms with Gasteiger partial charge in [0.2, 0.25) is 0 Å². The molecule has 1 aromatic heterocycles. The topological polar surface area (TPSA) is 41.5 Å². The van der Waals surface area contributed by atoms with Crippen LogP contribution < -0.4 is 14.5 Å². The number of rotatable bonds is 3. The Labute approximate surface area is 159 Å². The summed E-state index contributed by atoms with van der Waals surface area (Å²) in [5, 5.41) is 0. The van der Waals surface area contributed by atoms with Crippen molar-refractivity contribution in [3.05, 3.63) is 53.6 Å². The standard InChI is InChI=1S/C22H24N4O/c1-27-20-10-6-7-16-15-26(14-11-17(16)20)22-21(25-12-4-5-13-25)23-18-8-2-3-9-19(18)24-22/h2-3,6-10H,4-5,11-15H2,1H3. The Morgan fingerprint density at radius 3 is 2.22 bits per heavy atom. The van der Waals surface area contributed by atoms with Gasteiger partial charge in [-0.2, -0.15) is 0 Å². The summed E-state index contributed by atoms with van der Waals surface area (Å²) in [6.07, 6.45) is 3.43. The van der Waals surface area contributed by atoms with Crippen LogP contribution in [0.2, 0.25) is 0 Å². The molecule has 0 amide bonds. The second-order valence-electron chi connectivity index (χ2n) is 7.32. The highest BCUT2D eigenvalue weighted by Gasteiger charge is 2.26. The van der Waals surface area contributed by atoms with Crippen molar-refractivity contribution < 1.29 is 4.74 Å². The van der Waals surface area contributed by atoms with E-state index in [0.717, 1.165) is 61.0 Å². The normalized spacial score (nSPS) is 16.6. The lowest BCUT2D eigenvalue weighted by atomic mass is 9.98. The maximum absolute atomic E-state index is 5.56. The number of anilines is 2. The summed E-state index contributed by atoms with van der Waals surface area (Å²) >= 11 is 0. The minimum Gasteiger partial charge on any atom is -0.496 e. The van der Waals surface area contributed by atoms with Gasteiger partial charge in [-0.25, -0.2) is 9.97 Å². The van der Waals surface area contributed by atoms with Gasteiger partial charge in [0.1, 0.15) is 5.75 Å². The molecule has 5 rings (SSSR count). The molecule has 0 saturated carbocycles. The molecule has 1 saturated heterocycles. The van der Waals surface area contributed by atoms with Crippen LogP contribution in [0.1, 0.15) is 24.0 Å². The predicted molar refractivity (Wildman–Crippen MR) is 109 cm³/mol. The van der Waals surface area contributed by atoms with Crippen LogP contribution in [0.3, 0.4) is 0 Å². The first-order valence-electron chi connectivity index (χ1n) is 9.75. The van der Waals surface area contributed by atoms with E-state index in [1.807, 2.05) is 12.1 Å². The molecule has 1 fully saturated rings. The first-order chi connectivity index (χ1) is 13.3. The first-order valence-corrected chi connectivity index (χ1v) is 9.75. The summed E-state index contributed by atoms with van der Waals surface area (Å²) in [4.78, 5) is 14.9. The molecule has 0 atom stereocenters. The van der Waals surface area contributed by atoms with Gasteiger partial charge in [0.25, 0.3) is 0 Å². The van der Waals surface area contributed by atoms with Crippen LogP contribution in [-0.4, -0.2) is 36.7 Å². The molecule has 2 aliphatic rings. The Balaban J connectivity index is 1.58. The fourth-order valence-electron chi connectivity index (χ4n) is 4.28. The molecule has 0 aliphatic carbocycles. The highest BCUT2D eigenvalue weighted by Crippen LogP contribution is 2.35. The summed E-state index contributed by atoms with van der Waals surface area (Å²) in [6, 6.07) is 14.5. The average Bonchev–Trinajstić information content (AvgIpc) is 3.26. The highest BCUT2D eigenvalue weighted by atomic mass is 16.5. The molecule has 27 heavy (non-hydrogen) atoms. The molecular formula is C22H24N4O. The molecular weight excluding hydrogens is 336 g/mol. The Bertz CT molecular complexity index is 981. The first kappa shape index (κ1) is 16.4. The molecule has 2 aliphatic heterocycles. The van der Waals surface area contributed by atoms with Gasteiger partial charge < -0.3 is 14.5 Å². The van der Waals surface area contributed by atoms with Crippen molar-refractivity contribution in [3.8, 4) is 5.75 Å². The molecule has 0 bridgehead atoms. The van der Waals surface area contributed by atoms with Crippen LogP contribution in [0.5, 0.6) is 5.75 Å². The number of para-hydroxylation sites is 2. The van der Waals surface area contributed by atoms with Crippen molar-refractivity contribution >= 4 is 22.7 Å². The summed E-state index contributed by atoms with van der Waals surface area (Å²) in [5.74, 6) is 3.05. The lowest BCUT2D eigenvalue weighted by Gasteiger charge is -2.33. The van der Waals surface area contributed by atoms with Crippen molar-refractivity contribution in [2.24, 2.45) is 0 Å². The quantitative estimate of drug-likeness (QED) is 0.711. The van der Waals surface area contributed by atoms with E-state index in [1.54, 1.807) is 7.11 Å². The van der Waals surface area contributed by atoms with Crippen molar-refractivity contribution in [3.63, 3.8) is 0 Å². The van der Waals surface area contributed by atoms with Crippen molar-refractivity contribution in [2.75, 3.05) is 36.5 Å². The second-order valence-corrected chi connectivity index (χ2v) is 7.32. The number of nitrogens with zero attached hydrogens (tertiary/aromatic N) is 4. The van der Waals surface area contributed by atoms with Crippen LogP contribution in [-0.2, 0) is 13.0 Å². The molecule has 138 valence electrons. The minimum atomic E-state index is 0.848. The number of benzene rings is 2. The molecule has 0 unspecified atom stereocenters. The van der Waals surface area contributed by atoms with Crippen molar-refractivity contribution in [2.45, 2.75) is 25.8 Å². The van der Waals surface area contributed by atoms with E-state index in [9.17, 15) is 0 Å². The lowest BCUT2D eigenvalue weighted by molar-refractivity contribution is 0.407. The number of ether oxygens (including phenoxy) is 1. The molecule has 0 spiro atoms. The van der Waals surface area contributed by atoms with E-state index in [2.05, 4.69) is 40.1 Å². The minimum absolute atomic E-state index is 0.848. The largest absolute Gasteiger partial charge is 0.496 e. The third kappa shape index (κ3) is 2.87. The maximum Gasteiger partial charge on any atom is 0.172 e.